The third-order valence-electron chi connectivity index (χ3n) is 2.53. The van der Waals surface area contributed by atoms with Crippen LogP contribution in [0.4, 0.5) is 5.69 Å². The van der Waals surface area contributed by atoms with E-state index >= 15 is 0 Å². The highest BCUT2D eigenvalue weighted by atomic mass is 14.9. The number of nitrogens with one attached hydrogen (secondary N) is 2. The molecule has 0 unspecified atom stereocenters. The van der Waals surface area contributed by atoms with Crippen molar-refractivity contribution in [2.24, 2.45) is 0 Å². The van der Waals surface area contributed by atoms with Crippen molar-refractivity contribution in [3.05, 3.63) is 47.9 Å². The van der Waals surface area contributed by atoms with Crippen molar-refractivity contribution in [3.63, 3.8) is 0 Å². The third kappa shape index (κ3) is 2.37. The monoisotopic (exact) mass is 213 g/mol. The predicted octanol–water partition coefficient (Wildman–Crippen LogP) is 3.12. The van der Waals surface area contributed by atoms with Crippen molar-refractivity contribution in [2.75, 3.05) is 5.32 Å². The minimum atomic E-state index is 0.553. The van der Waals surface area contributed by atoms with Gasteiger partial charge in [-0.1, -0.05) is 12.2 Å². The van der Waals surface area contributed by atoms with Crippen LogP contribution in [-0.2, 0) is 0 Å². The first-order valence-electron chi connectivity index (χ1n) is 5.39. The lowest BCUT2D eigenvalue weighted by Crippen LogP contribution is -2.06. The van der Waals surface area contributed by atoms with Crippen LogP contribution in [0.5, 0.6) is 0 Å². The molecule has 3 nitrogen and oxygen atoms in total. The van der Waals surface area contributed by atoms with Crippen molar-refractivity contribution in [1.82, 2.24) is 4.98 Å². The predicted molar refractivity (Wildman–Crippen MR) is 66.8 cm³/mol. The Morgan fingerprint density at radius 1 is 1.50 bits per heavy atom. The minimum absolute atomic E-state index is 0.553. The van der Waals surface area contributed by atoms with Crippen LogP contribution in [0, 0.1) is 5.41 Å². The molecule has 0 saturated heterocycles. The summed E-state index contributed by atoms with van der Waals surface area (Å²) in [6, 6.07) is 1.86. The summed E-state index contributed by atoms with van der Waals surface area (Å²) in [5, 5.41) is 11.0. The fraction of sp³-hybridized carbons (Fsp3) is 0.231. The molecule has 1 heterocycles. The summed E-state index contributed by atoms with van der Waals surface area (Å²) in [7, 11) is 0. The average Bonchev–Trinajstić information content (AvgIpc) is 2.31. The minimum Gasteiger partial charge on any atom is -0.357 e. The second-order valence-corrected chi connectivity index (χ2v) is 3.83. The summed E-state index contributed by atoms with van der Waals surface area (Å²) >= 11 is 0. The van der Waals surface area contributed by atoms with Gasteiger partial charge in [-0.15, -0.1) is 0 Å². The molecular formula is C13H15N3. The van der Waals surface area contributed by atoms with Crippen LogP contribution in [-0.4, -0.2) is 10.7 Å². The highest BCUT2D eigenvalue weighted by molar-refractivity contribution is 6.01. The summed E-state index contributed by atoms with van der Waals surface area (Å²) in [5.41, 5.74) is 3.55. The van der Waals surface area contributed by atoms with Crippen LogP contribution in [0.1, 0.15) is 25.3 Å². The zero-order valence-electron chi connectivity index (χ0n) is 9.33. The highest BCUT2D eigenvalue weighted by Crippen LogP contribution is 2.19. The van der Waals surface area contributed by atoms with Crippen LogP contribution >= 0.6 is 0 Å². The number of rotatable bonds is 3. The lowest BCUT2D eigenvalue weighted by molar-refractivity contribution is 0.965. The second-order valence-electron chi connectivity index (χ2n) is 3.83. The Morgan fingerprint density at radius 2 is 2.38 bits per heavy atom. The number of allylic oxidation sites excluding steroid dienone is 4. The first kappa shape index (κ1) is 10.6. The van der Waals surface area contributed by atoms with E-state index in [1.54, 1.807) is 19.3 Å². The van der Waals surface area contributed by atoms with Gasteiger partial charge in [0.05, 0.1) is 11.9 Å². The summed E-state index contributed by atoms with van der Waals surface area (Å²) in [6.07, 6.45) is 11.8. The first-order chi connectivity index (χ1) is 7.77. The zero-order chi connectivity index (χ0) is 11.4. The lowest BCUT2D eigenvalue weighted by atomic mass is 10.1. The Labute approximate surface area is 95.4 Å². The van der Waals surface area contributed by atoms with Crippen LogP contribution in [0.25, 0.3) is 0 Å². The van der Waals surface area contributed by atoms with Crippen LogP contribution in [0.2, 0.25) is 0 Å². The number of hydrogen-bond acceptors (Lipinski definition) is 3. The molecule has 1 aliphatic rings. The fourth-order valence-corrected chi connectivity index (χ4v) is 1.70. The molecule has 82 valence electrons. The molecule has 0 bridgehead atoms. The number of aromatic nitrogens is 1. The average molecular weight is 213 g/mol. The maximum absolute atomic E-state index is 7.69. The first-order valence-corrected chi connectivity index (χ1v) is 5.39. The lowest BCUT2D eigenvalue weighted by Gasteiger charge is -2.14. The van der Waals surface area contributed by atoms with E-state index in [1.165, 1.54) is 5.70 Å². The van der Waals surface area contributed by atoms with E-state index in [2.05, 4.69) is 28.5 Å². The Morgan fingerprint density at radius 3 is 3.06 bits per heavy atom. The molecule has 0 amide bonds. The molecule has 0 aromatic carbocycles. The molecule has 0 radical (unpaired) electrons. The Hall–Kier alpha value is -1.90. The molecule has 1 aromatic rings. The Bertz CT molecular complexity index is 458. The van der Waals surface area contributed by atoms with E-state index in [1.807, 2.05) is 6.07 Å². The van der Waals surface area contributed by atoms with E-state index in [9.17, 15) is 0 Å². The van der Waals surface area contributed by atoms with Gasteiger partial charge in [0, 0.05) is 23.2 Å². The summed E-state index contributed by atoms with van der Waals surface area (Å²) < 4.78 is 0. The van der Waals surface area contributed by atoms with Gasteiger partial charge in [-0.05, 0) is 31.9 Å². The van der Waals surface area contributed by atoms with Gasteiger partial charge in [0.25, 0.3) is 0 Å². The van der Waals surface area contributed by atoms with Crippen LogP contribution in [0.15, 0.2) is 42.4 Å². The highest BCUT2D eigenvalue weighted by Gasteiger charge is 2.06. The van der Waals surface area contributed by atoms with Crippen LogP contribution in [0.3, 0.4) is 0 Å². The number of pyridine rings is 1. The Kier molecular flexibility index (Phi) is 3.15. The molecule has 0 aliphatic heterocycles. The maximum Gasteiger partial charge on any atom is 0.0659 e. The molecule has 1 aliphatic carbocycles. The fourth-order valence-electron chi connectivity index (χ4n) is 1.70. The van der Waals surface area contributed by atoms with Gasteiger partial charge in [0.2, 0.25) is 0 Å². The second kappa shape index (κ2) is 4.75. The molecule has 3 heteroatoms. The number of anilines is 1. The van der Waals surface area contributed by atoms with E-state index in [0.717, 1.165) is 24.1 Å². The molecule has 0 fully saturated rings. The molecule has 2 rings (SSSR count). The van der Waals surface area contributed by atoms with Gasteiger partial charge in [-0.2, -0.15) is 0 Å². The summed E-state index contributed by atoms with van der Waals surface area (Å²) in [5.74, 6) is 0. The van der Waals surface area contributed by atoms with E-state index in [4.69, 9.17) is 5.41 Å². The van der Waals surface area contributed by atoms with Crippen molar-refractivity contribution in [2.45, 2.75) is 19.8 Å². The SMILES string of the molecule is CC(=N)c1ccncc1NC1=CC=CCC1. The van der Waals surface area contributed by atoms with E-state index < -0.39 is 0 Å². The van der Waals surface area contributed by atoms with Crippen molar-refractivity contribution in [3.8, 4) is 0 Å². The van der Waals surface area contributed by atoms with Crippen LogP contribution < -0.4 is 5.32 Å². The molecular weight excluding hydrogens is 198 g/mol. The van der Waals surface area contributed by atoms with Crippen molar-refractivity contribution < 1.29 is 0 Å². The number of nitrogens with zero attached hydrogens (tertiary/aromatic N) is 1. The van der Waals surface area contributed by atoms with Gasteiger partial charge in [0.15, 0.2) is 0 Å². The topological polar surface area (TPSA) is 48.8 Å². The van der Waals surface area contributed by atoms with Gasteiger partial charge >= 0.3 is 0 Å². The smallest absolute Gasteiger partial charge is 0.0659 e. The quantitative estimate of drug-likeness (QED) is 0.758. The summed E-state index contributed by atoms with van der Waals surface area (Å²) in [4.78, 5) is 4.09. The summed E-state index contributed by atoms with van der Waals surface area (Å²) in [6.45, 7) is 1.79. The van der Waals surface area contributed by atoms with Gasteiger partial charge < -0.3 is 10.7 Å². The maximum atomic E-state index is 7.69. The van der Waals surface area contributed by atoms with Gasteiger partial charge in [0.1, 0.15) is 0 Å². The van der Waals surface area contributed by atoms with Crippen molar-refractivity contribution >= 4 is 11.4 Å². The molecule has 0 atom stereocenters. The molecule has 16 heavy (non-hydrogen) atoms. The van der Waals surface area contributed by atoms with E-state index in [-0.39, 0.29) is 0 Å². The molecule has 0 saturated carbocycles. The van der Waals surface area contributed by atoms with Gasteiger partial charge in [-0.3, -0.25) is 4.98 Å². The number of hydrogen-bond donors (Lipinski definition) is 2. The molecule has 2 N–H and O–H groups in total. The van der Waals surface area contributed by atoms with E-state index in [0.29, 0.717) is 5.71 Å². The molecule has 1 aromatic heterocycles. The normalized spacial score (nSPS) is 14.4. The van der Waals surface area contributed by atoms with Crippen molar-refractivity contribution in [1.29, 1.82) is 5.41 Å². The third-order valence-corrected chi connectivity index (χ3v) is 2.53. The standard InChI is InChI=1S/C13H15N3/c1-10(14)12-7-8-15-9-13(12)16-11-5-3-2-4-6-11/h2-3,5,7-9,14,16H,4,6H2,1H3. The zero-order valence-corrected chi connectivity index (χ0v) is 9.33. The Balaban J connectivity index is 2.23. The van der Waals surface area contributed by atoms with Gasteiger partial charge in [-0.25, -0.2) is 0 Å². The largest absolute Gasteiger partial charge is 0.357 e. The molecule has 0 spiro atoms.